The normalized spacial score (nSPS) is 18.7. The van der Waals surface area contributed by atoms with Gasteiger partial charge in [-0.3, -0.25) is 9.69 Å². The lowest BCUT2D eigenvalue weighted by molar-refractivity contribution is -0.143. The third kappa shape index (κ3) is 2.79. The minimum absolute atomic E-state index is 0.166. The molecule has 3 heteroatoms. The SMILES string of the molecule is C[C@H](c1cccc2ccccc12)N1CCC(C(=O)O)CC1. The summed E-state index contributed by atoms with van der Waals surface area (Å²) in [5.41, 5.74) is 1.34. The van der Waals surface area contributed by atoms with Gasteiger partial charge in [-0.05, 0) is 49.2 Å². The zero-order valence-electron chi connectivity index (χ0n) is 12.3. The first-order chi connectivity index (χ1) is 10.2. The number of carboxylic acids is 1. The van der Waals surface area contributed by atoms with Crippen molar-refractivity contribution in [1.29, 1.82) is 0 Å². The third-order valence-electron chi connectivity index (χ3n) is 4.70. The van der Waals surface area contributed by atoms with Gasteiger partial charge in [-0.15, -0.1) is 0 Å². The molecule has 0 aliphatic carbocycles. The van der Waals surface area contributed by atoms with E-state index in [0.29, 0.717) is 6.04 Å². The van der Waals surface area contributed by atoms with E-state index in [1.54, 1.807) is 0 Å². The summed E-state index contributed by atoms with van der Waals surface area (Å²) in [5, 5.41) is 11.7. The molecule has 0 aromatic heterocycles. The van der Waals surface area contributed by atoms with Crippen LogP contribution in [0.4, 0.5) is 0 Å². The van der Waals surface area contributed by atoms with Gasteiger partial charge in [0.05, 0.1) is 5.92 Å². The van der Waals surface area contributed by atoms with Crippen molar-refractivity contribution in [2.24, 2.45) is 5.92 Å². The number of hydrogen-bond acceptors (Lipinski definition) is 2. The highest BCUT2D eigenvalue weighted by molar-refractivity contribution is 5.86. The van der Waals surface area contributed by atoms with Crippen LogP contribution in [0.1, 0.15) is 31.4 Å². The number of fused-ring (bicyclic) bond motifs is 1. The molecule has 1 heterocycles. The summed E-state index contributed by atoms with van der Waals surface area (Å²) in [7, 11) is 0. The predicted octanol–water partition coefficient (Wildman–Crippen LogP) is 3.70. The largest absolute Gasteiger partial charge is 0.481 e. The zero-order valence-corrected chi connectivity index (χ0v) is 12.3. The van der Waals surface area contributed by atoms with Crippen LogP contribution >= 0.6 is 0 Å². The van der Waals surface area contributed by atoms with Gasteiger partial charge in [-0.25, -0.2) is 0 Å². The lowest BCUT2D eigenvalue weighted by Crippen LogP contribution is -2.37. The molecule has 0 amide bonds. The van der Waals surface area contributed by atoms with E-state index in [2.05, 4.69) is 54.3 Å². The summed E-state index contributed by atoms with van der Waals surface area (Å²) in [4.78, 5) is 13.5. The summed E-state index contributed by atoms with van der Waals surface area (Å²) >= 11 is 0. The molecule has 1 N–H and O–H groups in total. The summed E-state index contributed by atoms with van der Waals surface area (Å²) in [6, 6.07) is 15.2. The Labute approximate surface area is 125 Å². The maximum Gasteiger partial charge on any atom is 0.306 e. The first-order valence-electron chi connectivity index (χ1n) is 7.61. The zero-order chi connectivity index (χ0) is 14.8. The standard InChI is InChI=1S/C18H21NO2/c1-13(19-11-9-15(10-12-19)18(20)21)16-8-4-6-14-5-2-3-7-17(14)16/h2-8,13,15H,9-12H2,1H3,(H,20,21)/t13-/m1/s1. The van der Waals surface area contributed by atoms with Crippen molar-refractivity contribution in [3.63, 3.8) is 0 Å². The molecule has 3 nitrogen and oxygen atoms in total. The average Bonchev–Trinajstić information content (AvgIpc) is 2.53. The van der Waals surface area contributed by atoms with E-state index in [1.165, 1.54) is 16.3 Å². The molecular weight excluding hydrogens is 262 g/mol. The van der Waals surface area contributed by atoms with E-state index < -0.39 is 5.97 Å². The fraction of sp³-hybridized carbons (Fsp3) is 0.389. The minimum Gasteiger partial charge on any atom is -0.481 e. The van der Waals surface area contributed by atoms with Crippen molar-refractivity contribution >= 4 is 16.7 Å². The van der Waals surface area contributed by atoms with Crippen LogP contribution in [-0.4, -0.2) is 29.1 Å². The predicted molar refractivity (Wildman–Crippen MR) is 84.3 cm³/mol. The van der Waals surface area contributed by atoms with Gasteiger partial charge >= 0.3 is 5.97 Å². The molecule has 0 bridgehead atoms. The van der Waals surface area contributed by atoms with Crippen LogP contribution in [-0.2, 0) is 4.79 Å². The summed E-state index contributed by atoms with van der Waals surface area (Å²) in [5.74, 6) is -0.812. The maximum absolute atomic E-state index is 11.1. The van der Waals surface area contributed by atoms with Crippen LogP contribution < -0.4 is 0 Å². The second-order valence-electron chi connectivity index (χ2n) is 5.89. The molecule has 0 radical (unpaired) electrons. The van der Waals surface area contributed by atoms with Crippen LogP contribution in [0, 0.1) is 5.92 Å². The third-order valence-corrected chi connectivity index (χ3v) is 4.70. The highest BCUT2D eigenvalue weighted by Gasteiger charge is 2.27. The number of aliphatic carboxylic acids is 1. The van der Waals surface area contributed by atoms with Crippen molar-refractivity contribution in [2.75, 3.05) is 13.1 Å². The minimum atomic E-state index is -0.646. The molecule has 21 heavy (non-hydrogen) atoms. The van der Waals surface area contributed by atoms with Crippen molar-refractivity contribution in [3.05, 3.63) is 48.0 Å². The number of benzene rings is 2. The lowest BCUT2D eigenvalue weighted by Gasteiger charge is -2.35. The first-order valence-corrected chi connectivity index (χ1v) is 7.61. The lowest BCUT2D eigenvalue weighted by atomic mass is 9.93. The van der Waals surface area contributed by atoms with Gasteiger partial charge in [-0.2, -0.15) is 0 Å². The van der Waals surface area contributed by atoms with Gasteiger partial charge in [0.25, 0.3) is 0 Å². The van der Waals surface area contributed by atoms with Crippen molar-refractivity contribution in [3.8, 4) is 0 Å². The van der Waals surface area contributed by atoms with Gasteiger partial charge in [0.1, 0.15) is 0 Å². The molecule has 0 spiro atoms. The van der Waals surface area contributed by atoms with Crippen LogP contribution in [0.15, 0.2) is 42.5 Å². The molecule has 3 rings (SSSR count). The van der Waals surface area contributed by atoms with Gasteiger partial charge in [0.15, 0.2) is 0 Å². The van der Waals surface area contributed by atoms with Crippen LogP contribution in [0.2, 0.25) is 0 Å². The smallest absolute Gasteiger partial charge is 0.306 e. The Morgan fingerprint density at radius 1 is 1.14 bits per heavy atom. The van der Waals surface area contributed by atoms with Crippen molar-refractivity contribution < 1.29 is 9.90 Å². The molecule has 2 aromatic carbocycles. The molecule has 0 unspecified atom stereocenters. The Kier molecular flexibility index (Phi) is 3.93. The highest BCUT2D eigenvalue weighted by Crippen LogP contribution is 2.31. The number of likely N-dealkylation sites (tertiary alicyclic amines) is 1. The molecular formula is C18H21NO2. The van der Waals surface area contributed by atoms with E-state index in [9.17, 15) is 4.79 Å². The average molecular weight is 283 g/mol. The monoisotopic (exact) mass is 283 g/mol. The topological polar surface area (TPSA) is 40.5 Å². The Morgan fingerprint density at radius 3 is 2.52 bits per heavy atom. The summed E-state index contributed by atoms with van der Waals surface area (Å²) in [6.07, 6.45) is 1.51. The molecule has 1 saturated heterocycles. The number of rotatable bonds is 3. The van der Waals surface area contributed by atoms with E-state index in [0.717, 1.165) is 25.9 Å². The second kappa shape index (κ2) is 5.86. The molecule has 2 aromatic rings. The number of nitrogens with zero attached hydrogens (tertiary/aromatic N) is 1. The molecule has 1 aliphatic heterocycles. The van der Waals surface area contributed by atoms with Crippen LogP contribution in [0.25, 0.3) is 10.8 Å². The van der Waals surface area contributed by atoms with Crippen LogP contribution in [0.3, 0.4) is 0 Å². The Morgan fingerprint density at radius 2 is 1.81 bits per heavy atom. The number of piperidine rings is 1. The first kappa shape index (κ1) is 14.1. The molecule has 1 fully saturated rings. The Hall–Kier alpha value is -1.87. The van der Waals surface area contributed by atoms with E-state index >= 15 is 0 Å². The molecule has 110 valence electrons. The van der Waals surface area contributed by atoms with Gasteiger partial charge in [0, 0.05) is 6.04 Å². The number of hydrogen-bond donors (Lipinski definition) is 1. The van der Waals surface area contributed by atoms with E-state index in [1.807, 2.05) is 0 Å². The second-order valence-corrected chi connectivity index (χ2v) is 5.89. The quantitative estimate of drug-likeness (QED) is 0.933. The number of carbonyl (C=O) groups is 1. The van der Waals surface area contributed by atoms with E-state index in [4.69, 9.17) is 5.11 Å². The maximum atomic E-state index is 11.1. The summed E-state index contributed by atoms with van der Waals surface area (Å²) < 4.78 is 0. The molecule has 1 atom stereocenters. The van der Waals surface area contributed by atoms with Gasteiger partial charge in [-0.1, -0.05) is 42.5 Å². The van der Waals surface area contributed by atoms with Crippen LogP contribution in [0.5, 0.6) is 0 Å². The van der Waals surface area contributed by atoms with Crippen molar-refractivity contribution in [2.45, 2.75) is 25.8 Å². The van der Waals surface area contributed by atoms with Crippen molar-refractivity contribution in [1.82, 2.24) is 4.90 Å². The number of carboxylic acid groups (broad SMARTS) is 1. The van der Waals surface area contributed by atoms with E-state index in [-0.39, 0.29) is 5.92 Å². The molecule has 1 aliphatic rings. The Bertz CT molecular complexity index is 639. The van der Waals surface area contributed by atoms with Gasteiger partial charge in [0.2, 0.25) is 0 Å². The fourth-order valence-electron chi connectivity index (χ4n) is 3.35. The highest BCUT2D eigenvalue weighted by atomic mass is 16.4. The Balaban J connectivity index is 1.82. The summed E-state index contributed by atoms with van der Waals surface area (Å²) in [6.45, 7) is 3.95. The fourth-order valence-corrected chi connectivity index (χ4v) is 3.35. The van der Waals surface area contributed by atoms with Gasteiger partial charge < -0.3 is 5.11 Å². The molecule has 0 saturated carbocycles.